The smallest absolute Gasteiger partial charge is 0.141 e. The average Bonchev–Trinajstić information content (AvgIpc) is 3.05. The van der Waals surface area contributed by atoms with Crippen LogP contribution in [-0.4, -0.2) is 27.4 Å². The number of benzene rings is 1. The van der Waals surface area contributed by atoms with E-state index < -0.39 is 0 Å². The van der Waals surface area contributed by atoms with E-state index in [-0.39, 0.29) is 5.41 Å². The number of hydrogen-bond acceptors (Lipinski definition) is 4. The summed E-state index contributed by atoms with van der Waals surface area (Å²) in [5.41, 5.74) is 1.98. The highest BCUT2D eigenvalue weighted by Gasteiger charge is 2.94. The van der Waals surface area contributed by atoms with Crippen LogP contribution in [0.15, 0.2) is 29.0 Å². The number of nitrogens with zero attached hydrogens (tertiary/aromatic N) is 5. The Kier molecular flexibility index (Phi) is 1.94. The standard InChI is InChI=1S/C15H12BrN5/c1-20-7-18-19-14(20)15-9-6-21(13(15)11(9)15)12-8(5-17)3-2-4-10(12)16/h2-4,7,9,11,13H,6H2,1H3/t9-,11-,13?,15?/m1/s1. The van der Waals surface area contributed by atoms with Gasteiger partial charge in [-0.2, -0.15) is 5.26 Å². The van der Waals surface area contributed by atoms with E-state index in [1.807, 2.05) is 29.8 Å². The first-order valence-corrected chi connectivity index (χ1v) is 7.80. The molecule has 104 valence electrons. The number of hydrogen-bond donors (Lipinski definition) is 0. The topological polar surface area (TPSA) is 57.7 Å². The van der Waals surface area contributed by atoms with Crippen molar-refractivity contribution in [2.24, 2.45) is 18.9 Å². The van der Waals surface area contributed by atoms with E-state index in [9.17, 15) is 5.26 Å². The Bertz CT molecular complexity index is 816. The van der Waals surface area contributed by atoms with Crippen LogP contribution in [0, 0.1) is 23.2 Å². The van der Waals surface area contributed by atoms with Gasteiger partial charge in [0.2, 0.25) is 0 Å². The number of piperidine rings is 1. The molecule has 0 N–H and O–H groups in total. The molecule has 6 rings (SSSR count). The summed E-state index contributed by atoms with van der Waals surface area (Å²) in [6.45, 7) is 1.01. The molecule has 0 radical (unpaired) electrons. The highest BCUT2D eigenvalue weighted by atomic mass is 79.9. The first-order chi connectivity index (χ1) is 10.2. The molecule has 3 heterocycles. The van der Waals surface area contributed by atoms with Crippen molar-refractivity contribution < 1.29 is 0 Å². The molecule has 2 saturated heterocycles. The van der Waals surface area contributed by atoms with Crippen LogP contribution >= 0.6 is 15.9 Å². The van der Waals surface area contributed by atoms with Gasteiger partial charge < -0.3 is 9.47 Å². The zero-order valence-electron chi connectivity index (χ0n) is 11.4. The second kappa shape index (κ2) is 3.47. The molecule has 1 aromatic heterocycles. The van der Waals surface area contributed by atoms with E-state index in [1.165, 1.54) is 0 Å². The fourth-order valence-electron chi connectivity index (χ4n) is 4.54. The van der Waals surface area contributed by atoms with Gasteiger partial charge >= 0.3 is 0 Å². The third-order valence-electron chi connectivity index (χ3n) is 5.43. The summed E-state index contributed by atoms with van der Waals surface area (Å²) in [4.78, 5) is 2.40. The van der Waals surface area contributed by atoms with Crippen LogP contribution in [0.4, 0.5) is 5.69 Å². The monoisotopic (exact) mass is 341 g/mol. The van der Waals surface area contributed by atoms with E-state index in [2.05, 4.69) is 37.1 Å². The molecule has 6 heteroatoms. The first-order valence-electron chi connectivity index (χ1n) is 7.01. The summed E-state index contributed by atoms with van der Waals surface area (Å²) in [5.74, 6) is 2.47. The second-order valence-electron chi connectivity index (χ2n) is 6.18. The normalized spacial score (nSPS) is 34.5. The molecule has 0 amide bonds. The van der Waals surface area contributed by atoms with Gasteiger partial charge in [-0.05, 0) is 34.0 Å². The van der Waals surface area contributed by atoms with Crippen LogP contribution in [0.5, 0.6) is 0 Å². The number of rotatable bonds is 2. The molecule has 2 unspecified atom stereocenters. The third kappa shape index (κ3) is 1.15. The Morgan fingerprint density at radius 2 is 2.33 bits per heavy atom. The minimum Gasteiger partial charge on any atom is -0.365 e. The predicted octanol–water partition coefficient (Wildman–Crippen LogP) is 1.84. The van der Waals surface area contributed by atoms with Crippen molar-refractivity contribution in [2.75, 3.05) is 11.4 Å². The molecule has 0 spiro atoms. The Hall–Kier alpha value is -1.87. The molecule has 4 aliphatic rings. The van der Waals surface area contributed by atoms with Crippen LogP contribution in [0.1, 0.15) is 11.4 Å². The van der Waals surface area contributed by atoms with Gasteiger partial charge in [0.25, 0.3) is 0 Å². The lowest BCUT2D eigenvalue weighted by atomic mass is 10.1. The van der Waals surface area contributed by atoms with Crippen LogP contribution < -0.4 is 4.90 Å². The van der Waals surface area contributed by atoms with Crippen molar-refractivity contribution in [3.8, 4) is 6.07 Å². The number of halogens is 1. The molecule has 4 atom stereocenters. The number of aryl methyl sites for hydroxylation is 1. The zero-order chi connectivity index (χ0) is 14.4. The first kappa shape index (κ1) is 11.8. The van der Waals surface area contributed by atoms with E-state index in [0.717, 1.165) is 28.1 Å². The number of anilines is 1. The lowest BCUT2D eigenvalue weighted by Gasteiger charge is -2.21. The Morgan fingerprint density at radius 3 is 3.00 bits per heavy atom. The molecule has 2 saturated carbocycles. The summed E-state index contributed by atoms with van der Waals surface area (Å²) >= 11 is 3.61. The molecule has 2 bridgehead atoms. The molecule has 2 aliphatic carbocycles. The fraction of sp³-hybridized carbons (Fsp3) is 0.400. The minimum absolute atomic E-state index is 0.202. The summed E-state index contributed by atoms with van der Waals surface area (Å²) in [6, 6.07) is 8.61. The molecule has 1 aromatic carbocycles. The molecular weight excluding hydrogens is 330 g/mol. The second-order valence-corrected chi connectivity index (χ2v) is 7.03. The van der Waals surface area contributed by atoms with Crippen LogP contribution in [0.3, 0.4) is 0 Å². The maximum absolute atomic E-state index is 9.38. The summed E-state index contributed by atoms with van der Waals surface area (Å²) in [5, 5.41) is 17.7. The van der Waals surface area contributed by atoms with Crippen LogP contribution in [0.2, 0.25) is 0 Å². The highest BCUT2D eigenvalue weighted by Crippen LogP contribution is 2.85. The molecule has 21 heavy (non-hydrogen) atoms. The molecule has 2 aliphatic heterocycles. The summed E-state index contributed by atoms with van der Waals surface area (Å²) < 4.78 is 3.04. The fourth-order valence-corrected chi connectivity index (χ4v) is 5.13. The van der Waals surface area contributed by atoms with Gasteiger partial charge in [0, 0.05) is 30.0 Å². The summed E-state index contributed by atoms with van der Waals surface area (Å²) in [7, 11) is 2.01. The number of para-hydroxylation sites is 1. The average molecular weight is 342 g/mol. The van der Waals surface area contributed by atoms with Crippen molar-refractivity contribution in [1.29, 1.82) is 5.26 Å². The van der Waals surface area contributed by atoms with Crippen molar-refractivity contribution in [2.45, 2.75) is 11.5 Å². The maximum Gasteiger partial charge on any atom is 0.141 e. The summed E-state index contributed by atoms with van der Waals surface area (Å²) in [6.07, 6.45) is 1.78. The Morgan fingerprint density at radius 1 is 1.48 bits per heavy atom. The van der Waals surface area contributed by atoms with Gasteiger partial charge in [-0.15, -0.1) is 10.2 Å². The van der Waals surface area contributed by atoms with Crippen LogP contribution in [-0.2, 0) is 12.5 Å². The van der Waals surface area contributed by atoms with Gasteiger partial charge in [-0.1, -0.05) is 6.07 Å². The number of aromatic nitrogens is 3. The quantitative estimate of drug-likeness (QED) is 0.836. The van der Waals surface area contributed by atoms with Crippen molar-refractivity contribution in [3.05, 3.63) is 40.4 Å². The van der Waals surface area contributed by atoms with Gasteiger partial charge in [0.1, 0.15) is 18.2 Å². The van der Waals surface area contributed by atoms with Crippen LogP contribution in [0.25, 0.3) is 0 Å². The Labute approximate surface area is 130 Å². The van der Waals surface area contributed by atoms with Gasteiger partial charge in [0.15, 0.2) is 0 Å². The van der Waals surface area contributed by atoms with E-state index in [0.29, 0.717) is 17.9 Å². The predicted molar refractivity (Wildman–Crippen MR) is 79.7 cm³/mol. The molecule has 2 aromatic rings. The SMILES string of the molecule is Cn1cnnc1C12C3[C@H]1[C@H]2CN3c1c(Br)cccc1C#N. The molecular formula is C15H12BrN5. The van der Waals surface area contributed by atoms with E-state index >= 15 is 0 Å². The van der Waals surface area contributed by atoms with Gasteiger partial charge in [-0.3, -0.25) is 0 Å². The highest BCUT2D eigenvalue weighted by molar-refractivity contribution is 9.10. The minimum atomic E-state index is 0.202. The van der Waals surface area contributed by atoms with Gasteiger partial charge in [-0.25, -0.2) is 0 Å². The number of nitriles is 1. The van der Waals surface area contributed by atoms with E-state index in [1.54, 1.807) is 6.33 Å². The third-order valence-corrected chi connectivity index (χ3v) is 6.07. The molecule has 5 nitrogen and oxygen atoms in total. The number of fused-ring (bicyclic) bond motifs is 1. The Balaban J connectivity index is 1.58. The van der Waals surface area contributed by atoms with Crippen molar-refractivity contribution in [3.63, 3.8) is 0 Å². The maximum atomic E-state index is 9.38. The van der Waals surface area contributed by atoms with Crippen molar-refractivity contribution >= 4 is 21.6 Å². The lowest BCUT2D eigenvalue weighted by Crippen LogP contribution is -2.25. The largest absolute Gasteiger partial charge is 0.365 e. The molecule has 4 fully saturated rings. The zero-order valence-corrected chi connectivity index (χ0v) is 12.9. The van der Waals surface area contributed by atoms with E-state index in [4.69, 9.17) is 0 Å². The van der Waals surface area contributed by atoms with Crippen molar-refractivity contribution in [1.82, 2.24) is 14.8 Å². The van der Waals surface area contributed by atoms with Gasteiger partial charge in [0.05, 0.1) is 16.7 Å². The lowest BCUT2D eigenvalue weighted by molar-refractivity contribution is 0.617.